The second kappa shape index (κ2) is 12.9. The minimum Gasteiger partial charge on any atom is -0.464 e. The molecule has 2 heteroatoms. The van der Waals surface area contributed by atoms with Crippen LogP contribution >= 0.6 is 0 Å². The summed E-state index contributed by atoms with van der Waals surface area (Å²) in [4.78, 5) is 0. The maximum Gasteiger partial charge on any atom is 0.129 e. The molecule has 1 heterocycles. The summed E-state index contributed by atoms with van der Waals surface area (Å²) in [7, 11) is 0. The lowest BCUT2D eigenvalue weighted by molar-refractivity contribution is 0.101. The van der Waals surface area contributed by atoms with Crippen molar-refractivity contribution >= 4 is 0 Å². The molecule has 0 atom stereocenters. The topological polar surface area (TPSA) is 22.4 Å². The van der Waals surface area contributed by atoms with Gasteiger partial charge in [0.05, 0.1) is 0 Å². The van der Waals surface area contributed by atoms with Crippen LogP contribution in [-0.4, -0.2) is 6.61 Å². The van der Waals surface area contributed by atoms with Gasteiger partial charge in [0, 0.05) is 13.0 Å². The molecule has 1 aromatic rings. The first-order chi connectivity index (χ1) is 10.4. The summed E-state index contributed by atoms with van der Waals surface area (Å²) >= 11 is 0. The van der Waals surface area contributed by atoms with E-state index in [1.54, 1.807) is 0 Å². The molecule has 1 rings (SSSR count). The predicted octanol–water partition coefficient (Wildman–Crippen LogP) is 6.28. The van der Waals surface area contributed by atoms with E-state index in [2.05, 4.69) is 13.8 Å². The summed E-state index contributed by atoms with van der Waals surface area (Å²) in [6.07, 6.45) is 14.6. The van der Waals surface area contributed by atoms with Crippen LogP contribution in [0.25, 0.3) is 0 Å². The van der Waals surface area contributed by atoms with Crippen molar-refractivity contribution in [1.29, 1.82) is 0 Å². The van der Waals surface area contributed by atoms with Gasteiger partial charge >= 0.3 is 0 Å². The van der Waals surface area contributed by atoms with Gasteiger partial charge in [-0.2, -0.15) is 0 Å². The Morgan fingerprint density at radius 1 is 0.762 bits per heavy atom. The van der Waals surface area contributed by atoms with Crippen molar-refractivity contribution in [3.05, 3.63) is 23.7 Å². The zero-order valence-electron chi connectivity index (χ0n) is 14.2. The number of rotatable bonds is 14. The Morgan fingerprint density at radius 3 is 1.90 bits per heavy atom. The first kappa shape index (κ1) is 18.3. The number of ether oxygens (including phenoxy) is 1. The van der Waals surface area contributed by atoms with Gasteiger partial charge in [0.1, 0.15) is 18.1 Å². The van der Waals surface area contributed by atoms with Gasteiger partial charge in [0.2, 0.25) is 0 Å². The van der Waals surface area contributed by atoms with Crippen LogP contribution in [0.5, 0.6) is 0 Å². The van der Waals surface area contributed by atoms with Crippen LogP contribution in [0.15, 0.2) is 16.5 Å². The van der Waals surface area contributed by atoms with Gasteiger partial charge < -0.3 is 9.15 Å². The van der Waals surface area contributed by atoms with Crippen LogP contribution in [0.3, 0.4) is 0 Å². The number of unbranched alkanes of at least 4 members (excludes halogenated alkanes) is 9. The number of hydrogen-bond donors (Lipinski definition) is 0. The fraction of sp³-hybridized carbons (Fsp3) is 0.789. The summed E-state index contributed by atoms with van der Waals surface area (Å²) in [5.41, 5.74) is 0. The summed E-state index contributed by atoms with van der Waals surface area (Å²) < 4.78 is 11.3. The van der Waals surface area contributed by atoms with Crippen LogP contribution < -0.4 is 0 Å². The lowest BCUT2D eigenvalue weighted by Gasteiger charge is -2.03. The SMILES string of the molecule is CCCCCCCCCCCCOCc1ccc(CC)o1. The summed E-state index contributed by atoms with van der Waals surface area (Å²) in [5, 5.41) is 0. The van der Waals surface area contributed by atoms with Crippen molar-refractivity contribution in [2.75, 3.05) is 6.61 Å². The third-order valence-electron chi connectivity index (χ3n) is 3.95. The second-order valence-electron chi connectivity index (χ2n) is 5.96. The molecule has 0 fully saturated rings. The number of furan rings is 1. The molecular formula is C19H34O2. The molecule has 0 aromatic carbocycles. The standard InChI is InChI=1S/C19H34O2/c1-3-5-6-7-8-9-10-11-12-13-16-20-17-19-15-14-18(4-2)21-19/h14-15H,3-13,16-17H2,1-2H3. The molecule has 1 aromatic heterocycles. The highest BCUT2D eigenvalue weighted by molar-refractivity contribution is 5.05. The van der Waals surface area contributed by atoms with Crippen LogP contribution in [0.1, 0.15) is 89.6 Å². The summed E-state index contributed by atoms with van der Waals surface area (Å²) in [6.45, 7) is 5.86. The van der Waals surface area contributed by atoms with Gasteiger partial charge in [-0.25, -0.2) is 0 Å². The maximum atomic E-state index is 5.66. The van der Waals surface area contributed by atoms with E-state index in [0.717, 1.165) is 24.5 Å². The Bertz CT molecular complexity index is 330. The van der Waals surface area contributed by atoms with Gasteiger partial charge in [-0.15, -0.1) is 0 Å². The molecule has 0 amide bonds. The van der Waals surface area contributed by atoms with Crippen LogP contribution in [0, 0.1) is 0 Å². The fourth-order valence-corrected chi connectivity index (χ4v) is 2.55. The van der Waals surface area contributed by atoms with E-state index in [-0.39, 0.29) is 0 Å². The van der Waals surface area contributed by atoms with E-state index in [0.29, 0.717) is 6.61 Å². The normalized spacial score (nSPS) is 11.1. The minimum absolute atomic E-state index is 0.622. The van der Waals surface area contributed by atoms with Gasteiger partial charge in [-0.1, -0.05) is 71.6 Å². The lowest BCUT2D eigenvalue weighted by Crippen LogP contribution is -1.94. The van der Waals surface area contributed by atoms with E-state index in [9.17, 15) is 0 Å². The molecule has 0 N–H and O–H groups in total. The molecule has 122 valence electrons. The minimum atomic E-state index is 0.622. The Hall–Kier alpha value is -0.760. The highest BCUT2D eigenvalue weighted by Crippen LogP contribution is 2.12. The van der Waals surface area contributed by atoms with Crippen molar-refractivity contribution in [2.24, 2.45) is 0 Å². The molecule has 0 unspecified atom stereocenters. The molecular weight excluding hydrogens is 260 g/mol. The maximum absolute atomic E-state index is 5.66. The van der Waals surface area contributed by atoms with E-state index in [1.807, 2.05) is 12.1 Å². The van der Waals surface area contributed by atoms with Gasteiger partial charge in [0.25, 0.3) is 0 Å². The first-order valence-electron chi connectivity index (χ1n) is 9.02. The van der Waals surface area contributed by atoms with Crippen molar-refractivity contribution in [3.8, 4) is 0 Å². The van der Waals surface area contributed by atoms with E-state index in [4.69, 9.17) is 9.15 Å². The van der Waals surface area contributed by atoms with Gasteiger partial charge in [-0.3, -0.25) is 0 Å². The molecule has 0 aliphatic carbocycles. The van der Waals surface area contributed by atoms with E-state index < -0.39 is 0 Å². The lowest BCUT2D eigenvalue weighted by atomic mass is 10.1. The van der Waals surface area contributed by atoms with Crippen LogP contribution in [-0.2, 0) is 17.8 Å². The summed E-state index contributed by atoms with van der Waals surface area (Å²) in [5.74, 6) is 2.01. The second-order valence-corrected chi connectivity index (χ2v) is 5.96. The Labute approximate surface area is 131 Å². The summed E-state index contributed by atoms with van der Waals surface area (Å²) in [6, 6.07) is 4.07. The molecule has 0 spiro atoms. The molecule has 0 aliphatic rings. The number of hydrogen-bond acceptors (Lipinski definition) is 2. The Kier molecular flexibility index (Phi) is 11.3. The first-order valence-corrected chi connectivity index (χ1v) is 9.02. The van der Waals surface area contributed by atoms with Crippen LogP contribution in [0.2, 0.25) is 0 Å². The van der Waals surface area contributed by atoms with Gasteiger partial charge in [0.15, 0.2) is 0 Å². The third-order valence-corrected chi connectivity index (χ3v) is 3.95. The zero-order chi connectivity index (χ0) is 15.2. The van der Waals surface area contributed by atoms with Crippen LogP contribution in [0.4, 0.5) is 0 Å². The molecule has 2 nitrogen and oxygen atoms in total. The van der Waals surface area contributed by atoms with Crippen molar-refractivity contribution in [1.82, 2.24) is 0 Å². The van der Waals surface area contributed by atoms with Gasteiger partial charge in [-0.05, 0) is 18.6 Å². The van der Waals surface area contributed by atoms with Crippen molar-refractivity contribution in [3.63, 3.8) is 0 Å². The smallest absolute Gasteiger partial charge is 0.129 e. The fourth-order valence-electron chi connectivity index (χ4n) is 2.55. The zero-order valence-corrected chi connectivity index (χ0v) is 14.2. The molecule has 0 radical (unpaired) electrons. The highest BCUT2D eigenvalue weighted by Gasteiger charge is 2.00. The molecule has 0 aliphatic heterocycles. The predicted molar refractivity (Wildman–Crippen MR) is 89.6 cm³/mol. The van der Waals surface area contributed by atoms with E-state index >= 15 is 0 Å². The quantitative estimate of drug-likeness (QED) is 0.377. The third kappa shape index (κ3) is 9.73. The highest BCUT2D eigenvalue weighted by atomic mass is 16.5. The Balaban J connectivity index is 1.80. The average Bonchev–Trinajstić information content (AvgIpc) is 2.96. The molecule has 0 saturated carbocycles. The van der Waals surface area contributed by atoms with Crippen molar-refractivity contribution in [2.45, 2.75) is 91.1 Å². The molecule has 0 bridgehead atoms. The largest absolute Gasteiger partial charge is 0.464 e. The molecule has 0 saturated heterocycles. The Morgan fingerprint density at radius 2 is 1.33 bits per heavy atom. The van der Waals surface area contributed by atoms with Crippen molar-refractivity contribution < 1.29 is 9.15 Å². The van der Waals surface area contributed by atoms with E-state index in [1.165, 1.54) is 64.2 Å². The average molecular weight is 294 g/mol. The molecule has 21 heavy (non-hydrogen) atoms. The number of aryl methyl sites for hydroxylation is 1. The monoisotopic (exact) mass is 294 g/mol.